The molecule has 98 valence electrons. The lowest BCUT2D eigenvalue weighted by atomic mass is 10.0. The fourth-order valence-electron chi connectivity index (χ4n) is 2.94. The summed E-state index contributed by atoms with van der Waals surface area (Å²) in [6, 6.07) is 10.7. The van der Waals surface area contributed by atoms with Gasteiger partial charge in [0.15, 0.2) is 11.7 Å². The molecule has 1 aliphatic rings. The monoisotopic (exact) mass is 262 g/mol. The minimum atomic E-state index is 0.929. The van der Waals surface area contributed by atoms with Crippen LogP contribution in [-0.2, 0) is 13.5 Å². The lowest BCUT2D eigenvalue weighted by Crippen LogP contribution is -2.30. The minimum Gasteiger partial charge on any atom is -0.303 e. The van der Waals surface area contributed by atoms with Gasteiger partial charge in [-0.3, -0.25) is 0 Å². The van der Waals surface area contributed by atoms with Crippen molar-refractivity contribution in [2.45, 2.75) is 13.3 Å². The van der Waals surface area contributed by atoms with E-state index in [1.165, 1.54) is 22.3 Å². The highest BCUT2D eigenvalue weighted by Gasteiger charge is 2.19. The predicted octanol–water partition coefficient (Wildman–Crippen LogP) is 2.86. The van der Waals surface area contributed by atoms with Gasteiger partial charge in [0, 0.05) is 24.3 Å². The van der Waals surface area contributed by atoms with E-state index in [0.29, 0.717) is 0 Å². The van der Waals surface area contributed by atoms with E-state index >= 15 is 0 Å². The van der Waals surface area contributed by atoms with Crippen LogP contribution in [0.2, 0.25) is 0 Å². The van der Waals surface area contributed by atoms with Crippen LogP contribution in [0.1, 0.15) is 11.4 Å². The zero-order valence-corrected chi connectivity index (χ0v) is 11.7. The molecule has 1 aromatic carbocycles. The molecule has 0 N–H and O–H groups in total. The van der Waals surface area contributed by atoms with E-state index in [1.54, 1.807) is 0 Å². The second-order valence-corrected chi connectivity index (χ2v) is 5.34. The van der Waals surface area contributed by atoms with Gasteiger partial charge < -0.3 is 4.57 Å². The summed E-state index contributed by atoms with van der Waals surface area (Å²) < 4.78 is 4.36. The molecule has 0 saturated heterocycles. The maximum absolute atomic E-state index is 4.69. The van der Waals surface area contributed by atoms with Crippen molar-refractivity contribution in [1.82, 2.24) is 9.55 Å². The summed E-state index contributed by atoms with van der Waals surface area (Å²) in [6.07, 6.45) is 7.32. The van der Waals surface area contributed by atoms with Crippen molar-refractivity contribution >= 4 is 17.2 Å². The Kier molecular flexibility index (Phi) is 2.30. The number of aryl methyl sites for hydroxylation is 2. The number of benzene rings is 1. The molecule has 1 aliphatic heterocycles. The Morgan fingerprint density at radius 2 is 2.10 bits per heavy atom. The van der Waals surface area contributed by atoms with Gasteiger partial charge in [0.1, 0.15) is 12.9 Å². The summed E-state index contributed by atoms with van der Waals surface area (Å²) >= 11 is 0. The molecule has 0 saturated carbocycles. The van der Waals surface area contributed by atoms with Gasteiger partial charge in [-0.25, -0.2) is 4.98 Å². The van der Waals surface area contributed by atoms with E-state index in [1.807, 2.05) is 0 Å². The van der Waals surface area contributed by atoms with E-state index in [-0.39, 0.29) is 0 Å². The number of imidazole rings is 1. The Bertz CT molecular complexity index is 856. The molecule has 0 aliphatic carbocycles. The third-order valence-corrected chi connectivity index (χ3v) is 3.99. The summed E-state index contributed by atoms with van der Waals surface area (Å²) in [6.45, 7) is 2.15. The van der Waals surface area contributed by atoms with Crippen molar-refractivity contribution in [3.05, 3.63) is 54.0 Å². The molecule has 0 fully saturated rings. The minimum absolute atomic E-state index is 0.929. The number of aromatic nitrogens is 3. The zero-order chi connectivity index (χ0) is 13.7. The third-order valence-electron chi connectivity index (χ3n) is 3.99. The second-order valence-electron chi connectivity index (χ2n) is 5.34. The van der Waals surface area contributed by atoms with Crippen molar-refractivity contribution in [3.8, 4) is 11.3 Å². The molecule has 0 bridgehead atoms. The van der Waals surface area contributed by atoms with E-state index in [0.717, 1.165) is 17.8 Å². The highest BCUT2D eigenvalue weighted by molar-refractivity contribution is 5.81. The summed E-state index contributed by atoms with van der Waals surface area (Å²) in [7, 11) is 2.08. The van der Waals surface area contributed by atoms with Crippen LogP contribution in [0.25, 0.3) is 28.5 Å². The van der Waals surface area contributed by atoms with Crippen LogP contribution in [0.4, 0.5) is 0 Å². The maximum atomic E-state index is 4.69. The van der Waals surface area contributed by atoms with Crippen LogP contribution in [0.3, 0.4) is 0 Å². The fourth-order valence-corrected chi connectivity index (χ4v) is 2.94. The normalized spacial score (nSPS) is 13.1. The van der Waals surface area contributed by atoms with Crippen LogP contribution in [0.15, 0.2) is 42.6 Å². The number of hydrogen-bond donors (Lipinski definition) is 0. The predicted molar refractivity (Wildman–Crippen MR) is 80.1 cm³/mol. The van der Waals surface area contributed by atoms with Gasteiger partial charge in [0.05, 0.1) is 5.52 Å². The van der Waals surface area contributed by atoms with Crippen LogP contribution >= 0.6 is 0 Å². The van der Waals surface area contributed by atoms with E-state index in [9.17, 15) is 0 Å². The van der Waals surface area contributed by atoms with Gasteiger partial charge in [-0.15, -0.1) is 0 Å². The van der Waals surface area contributed by atoms with E-state index in [4.69, 9.17) is 4.98 Å². The van der Waals surface area contributed by atoms with Crippen molar-refractivity contribution < 1.29 is 4.57 Å². The van der Waals surface area contributed by atoms with Gasteiger partial charge >= 0.3 is 0 Å². The molecule has 3 heterocycles. The molecule has 3 aromatic rings. The summed E-state index contributed by atoms with van der Waals surface area (Å²) in [4.78, 5) is 4.69. The first-order valence-electron chi connectivity index (χ1n) is 6.87. The highest BCUT2D eigenvalue weighted by atomic mass is 15.1. The van der Waals surface area contributed by atoms with Crippen LogP contribution in [-0.4, -0.2) is 9.55 Å². The number of allylic oxidation sites excluding steroid dienone is 1. The molecule has 0 unspecified atom stereocenters. The first-order chi connectivity index (χ1) is 9.74. The molecule has 0 spiro atoms. The Hall–Kier alpha value is -2.42. The molecule has 0 atom stereocenters. The van der Waals surface area contributed by atoms with E-state index in [2.05, 4.69) is 71.9 Å². The van der Waals surface area contributed by atoms with Crippen molar-refractivity contribution in [2.75, 3.05) is 0 Å². The highest BCUT2D eigenvalue weighted by Crippen LogP contribution is 2.25. The largest absolute Gasteiger partial charge is 0.303 e. The molecule has 3 heteroatoms. The zero-order valence-electron chi connectivity index (χ0n) is 11.7. The quantitative estimate of drug-likeness (QED) is 0.618. The average molecular weight is 262 g/mol. The fraction of sp³-hybridized carbons (Fsp3) is 0.176. The molecule has 0 amide bonds. The van der Waals surface area contributed by atoms with Crippen molar-refractivity contribution in [3.63, 3.8) is 0 Å². The molecular formula is C17H16N3+. The third kappa shape index (κ3) is 1.53. The molecule has 0 radical (unpaired) electrons. The molecule has 4 rings (SSSR count). The van der Waals surface area contributed by atoms with Crippen molar-refractivity contribution in [2.24, 2.45) is 7.05 Å². The Morgan fingerprint density at radius 1 is 1.25 bits per heavy atom. The topological polar surface area (TPSA) is 21.7 Å². The van der Waals surface area contributed by atoms with Gasteiger partial charge in [0.25, 0.3) is 0 Å². The summed E-state index contributed by atoms with van der Waals surface area (Å²) in [5.41, 5.74) is 6.03. The van der Waals surface area contributed by atoms with Crippen LogP contribution in [0, 0.1) is 6.92 Å². The molecular weight excluding hydrogens is 246 g/mol. The van der Waals surface area contributed by atoms with Crippen LogP contribution in [0.5, 0.6) is 0 Å². The standard InChI is InChI=1S/C17H16N3/c1-12-6-3-4-7-13(12)15-10-16-14(11-19(15)2)18-17-8-5-9-20(16)17/h3-7,9-11H,8H2,1-2H3/q+1. The number of rotatable bonds is 1. The van der Waals surface area contributed by atoms with Gasteiger partial charge in [-0.05, 0) is 18.6 Å². The van der Waals surface area contributed by atoms with Gasteiger partial charge in [-0.1, -0.05) is 24.3 Å². The maximum Gasteiger partial charge on any atom is 0.214 e. The lowest BCUT2D eigenvalue weighted by Gasteiger charge is -2.04. The average Bonchev–Trinajstić information content (AvgIpc) is 2.99. The van der Waals surface area contributed by atoms with E-state index < -0.39 is 0 Å². The first kappa shape index (κ1) is 11.4. The lowest BCUT2D eigenvalue weighted by molar-refractivity contribution is -0.659. The number of fused-ring (bicyclic) bond motifs is 3. The Morgan fingerprint density at radius 3 is 2.95 bits per heavy atom. The summed E-state index contributed by atoms with van der Waals surface area (Å²) in [5.74, 6) is 1.13. The Balaban J connectivity index is 2.03. The molecule has 3 nitrogen and oxygen atoms in total. The SMILES string of the molecule is Cc1ccccc1-c1cc2c(c[n+]1C)nc1n2C=CC1. The van der Waals surface area contributed by atoms with Gasteiger partial charge in [-0.2, -0.15) is 4.57 Å². The summed E-state index contributed by atoms with van der Waals surface area (Å²) in [5, 5.41) is 0. The number of pyridine rings is 1. The second kappa shape index (κ2) is 4.04. The van der Waals surface area contributed by atoms with Crippen LogP contribution < -0.4 is 4.57 Å². The van der Waals surface area contributed by atoms with Crippen molar-refractivity contribution in [1.29, 1.82) is 0 Å². The van der Waals surface area contributed by atoms with Gasteiger partial charge in [0.2, 0.25) is 5.69 Å². The Labute approximate surface area is 117 Å². The molecule has 20 heavy (non-hydrogen) atoms. The number of nitrogens with zero attached hydrogens (tertiary/aromatic N) is 3. The first-order valence-corrected chi connectivity index (χ1v) is 6.87. The molecule has 2 aromatic heterocycles. The number of hydrogen-bond acceptors (Lipinski definition) is 1. The smallest absolute Gasteiger partial charge is 0.214 e.